The Hall–Kier alpha value is -2.24. The number of hydrogen-bond acceptors (Lipinski definition) is 4. The minimum absolute atomic E-state index is 0.132. The monoisotopic (exact) mass is 279 g/mol. The van der Waals surface area contributed by atoms with Gasteiger partial charge in [-0.1, -0.05) is 11.2 Å². The van der Waals surface area contributed by atoms with Gasteiger partial charge < -0.3 is 21.0 Å². The molecule has 20 heavy (non-hydrogen) atoms. The number of nitrogens with one attached hydrogen (secondary N) is 1. The lowest BCUT2D eigenvalue weighted by atomic mass is 10.1. The number of unbranched alkanes of at least 4 members (excludes halogenated alkanes) is 1. The van der Waals surface area contributed by atoms with E-state index in [0.717, 1.165) is 18.4 Å². The lowest BCUT2D eigenvalue weighted by Crippen LogP contribution is -2.24. The molecule has 0 unspecified atom stereocenters. The number of carbonyl (C=O) groups excluding carboxylic acids is 1. The highest BCUT2D eigenvalue weighted by Crippen LogP contribution is 2.18. The fourth-order valence-electron chi connectivity index (χ4n) is 1.75. The Morgan fingerprint density at radius 3 is 2.85 bits per heavy atom. The molecule has 0 atom stereocenters. The second kappa shape index (κ2) is 8.04. The van der Waals surface area contributed by atoms with Crippen LogP contribution in [0.1, 0.15) is 35.2 Å². The smallest absolute Gasteiger partial charge is 0.251 e. The van der Waals surface area contributed by atoms with Crippen LogP contribution in [-0.4, -0.2) is 30.6 Å². The standard InChI is InChI=1S/C14H21N3O3/c1-10-6-7-11(9-12(10)20-2)14(18)16-8-4-3-5-13(15)17-19/h6-7,9,19H,3-5,8H2,1-2H3,(H2,15,17)(H,16,18). The van der Waals surface area contributed by atoms with E-state index < -0.39 is 0 Å². The molecule has 0 aliphatic carbocycles. The second-order valence-corrected chi connectivity index (χ2v) is 4.49. The molecular weight excluding hydrogens is 258 g/mol. The average Bonchev–Trinajstić information content (AvgIpc) is 2.46. The number of nitrogens with zero attached hydrogens (tertiary/aromatic N) is 1. The molecule has 0 bridgehead atoms. The summed E-state index contributed by atoms with van der Waals surface area (Å²) in [4.78, 5) is 11.9. The number of amidine groups is 1. The van der Waals surface area contributed by atoms with Crippen LogP contribution in [0.15, 0.2) is 23.4 Å². The van der Waals surface area contributed by atoms with Crippen LogP contribution < -0.4 is 15.8 Å². The molecule has 6 heteroatoms. The summed E-state index contributed by atoms with van der Waals surface area (Å²) in [6.07, 6.45) is 2.04. The van der Waals surface area contributed by atoms with Crippen LogP contribution >= 0.6 is 0 Å². The SMILES string of the molecule is COc1cc(C(=O)NCCCCC(N)=NO)ccc1C. The predicted molar refractivity (Wildman–Crippen MR) is 77.3 cm³/mol. The lowest BCUT2D eigenvalue weighted by molar-refractivity contribution is 0.0952. The molecule has 0 heterocycles. The predicted octanol–water partition coefficient (Wildman–Crippen LogP) is 1.65. The minimum Gasteiger partial charge on any atom is -0.496 e. The van der Waals surface area contributed by atoms with Crippen molar-refractivity contribution in [2.24, 2.45) is 10.9 Å². The topological polar surface area (TPSA) is 96.9 Å². The van der Waals surface area contributed by atoms with Crippen molar-refractivity contribution in [2.75, 3.05) is 13.7 Å². The van der Waals surface area contributed by atoms with Gasteiger partial charge in [0.1, 0.15) is 11.6 Å². The van der Waals surface area contributed by atoms with Gasteiger partial charge in [-0.25, -0.2) is 0 Å². The van der Waals surface area contributed by atoms with E-state index in [4.69, 9.17) is 15.7 Å². The molecule has 6 nitrogen and oxygen atoms in total. The van der Waals surface area contributed by atoms with Gasteiger partial charge in [-0.05, 0) is 37.5 Å². The van der Waals surface area contributed by atoms with E-state index in [9.17, 15) is 4.79 Å². The maximum absolute atomic E-state index is 11.9. The van der Waals surface area contributed by atoms with Crippen LogP contribution in [0.2, 0.25) is 0 Å². The van der Waals surface area contributed by atoms with Crippen molar-refractivity contribution in [1.82, 2.24) is 5.32 Å². The van der Waals surface area contributed by atoms with Gasteiger partial charge in [0, 0.05) is 18.5 Å². The number of aryl methyl sites for hydroxylation is 1. The van der Waals surface area contributed by atoms with E-state index in [2.05, 4.69) is 10.5 Å². The third kappa shape index (κ3) is 4.79. The molecule has 4 N–H and O–H groups in total. The Bertz CT molecular complexity index is 487. The summed E-state index contributed by atoms with van der Waals surface area (Å²) >= 11 is 0. The summed E-state index contributed by atoms with van der Waals surface area (Å²) < 4.78 is 5.19. The fourth-order valence-corrected chi connectivity index (χ4v) is 1.75. The zero-order chi connectivity index (χ0) is 15.0. The molecule has 0 fully saturated rings. The highest BCUT2D eigenvalue weighted by Gasteiger charge is 2.07. The van der Waals surface area contributed by atoms with Crippen molar-refractivity contribution in [2.45, 2.75) is 26.2 Å². The first-order valence-electron chi connectivity index (χ1n) is 6.47. The Balaban J connectivity index is 2.40. The van der Waals surface area contributed by atoms with Gasteiger partial charge in [-0.15, -0.1) is 0 Å². The number of methoxy groups -OCH3 is 1. The first-order chi connectivity index (χ1) is 9.58. The molecule has 0 aliphatic rings. The summed E-state index contributed by atoms with van der Waals surface area (Å²) in [6, 6.07) is 5.34. The number of carbonyl (C=O) groups is 1. The van der Waals surface area contributed by atoms with E-state index in [1.807, 2.05) is 13.0 Å². The molecule has 0 radical (unpaired) electrons. The van der Waals surface area contributed by atoms with Gasteiger partial charge in [0.05, 0.1) is 7.11 Å². The van der Waals surface area contributed by atoms with Crippen LogP contribution in [-0.2, 0) is 0 Å². The van der Waals surface area contributed by atoms with Crippen molar-refractivity contribution < 1.29 is 14.7 Å². The molecule has 110 valence electrons. The first-order valence-corrected chi connectivity index (χ1v) is 6.47. The molecule has 0 aliphatic heterocycles. The second-order valence-electron chi connectivity index (χ2n) is 4.49. The highest BCUT2D eigenvalue weighted by atomic mass is 16.5. The summed E-state index contributed by atoms with van der Waals surface area (Å²) in [5.74, 6) is 0.774. The minimum atomic E-state index is -0.132. The lowest BCUT2D eigenvalue weighted by Gasteiger charge is -2.08. The summed E-state index contributed by atoms with van der Waals surface area (Å²) in [6.45, 7) is 2.47. The number of rotatable bonds is 7. The highest BCUT2D eigenvalue weighted by molar-refractivity contribution is 5.94. The molecule has 1 amide bonds. The number of nitrogens with two attached hydrogens (primary N) is 1. The first kappa shape index (κ1) is 15.8. The fraction of sp³-hybridized carbons (Fsp3) is 0.429. The number of amides is 1. The van der Waals surface area contributed by atoms with E-state index in [0.29, 0.717) is 24.3 Å². The van der Waals surface area contributed by atoms with Crippen molar-refractivity contribution in [3.63, 3.8) is 0 Å². The van der Waals surface area contributed by atoms with Crippen molar-refractivity contribution in [1.29, 1.82) is 0 Å². The molecule has 1 aromatic rings. The Morgan fingerprint density at radius 1 is 1.45 bits per heavy atom. The zero-order valence-electron chi connectivity index (χ0n) is 11.8. The largest absolute Gasteiger partial charge is 0.496 e. The van der Waals surface area contributed by atoms with E-state index in [1.54, 1.807) is 19.2 Å². The molecule has 1 aromatic carbocycles. The van der Waals surface area contributed by atoms with E-state index in [-0.39, 0.29) is 11.7 Å². The van der Waals surface area contributed by atoms with Crippen LogP contribution in [0.25, 0.3) is 0 Å². The summed E-state index contributed by atoms with van der Waals surface area (Å²) in [7, 11) is 1.58. The Kier molecular flexibility index (Phi) is 6.36. The van der Waals surface area contributed by atoms with Crippen LogP contribution in [0.3, 0.4) is 0 Å². The Morgan fingerprint density at radius 2 is 2.20 bits per heavy atom. The van der Waals surface area contributed by atoms with Crippen LogP contribution in [0.5, 0.6) is 5.75 Å². The van der Waals surface area contributed by atoms with Gasteiger partial charge in [-0.2, -0.15) is 0 Å². The number of benzene rings is 1. The van der Waals surface area contributed by atoms with E-state index >= 15 is 0 Å². The average molecular weight is 279 g/mol. The molecule has 1 rings (SSSR count). The number of ether oxygens (including phenoxy) is 1. The zero-order valence-corrected chi connectivity index (χ0v) is 11.8. The number of hydrogen-bond donors (Lipinski definition) is 3. The van der Waals surface area contributed by atoms with Crippen molar-refractivity contribution in [3.05, 3.63) is 29.3 Å². The quantitative estimate of drug-likeness (QED) is 0.232. The van der Waals surface area contributed by atoms with Crippen LogP contribution in [0, 0.1) is 6.92 Å². The molecule has 0 spiro atoms. The van der Waals surface area contributed by atoms with Crippen molar-refractivity contribution >= 4 is 11.7 Å². The Labute approximate surface area is 118 Å². The molecular formula is C14H21N3O3. The number of oxime groups is 1. The maximum atomic E-state index is 11.9. The molecule has 0 saturated carbocycles. The molecule has 0 aromatic heterocycles. The van der Waals surface area contributed by atoms with E-state index in [1.165, 1.54) is 0 Å². The van der Waals surface area contributed by atoms with Gasteiger partial charge in [0.15, 0.2) is 0 Å². The van der Waals surface area contributed by atoms with Gasteiger partial charge in [0.2, 0.25) is 0 Å². The maximum Gasteiger partial charge on any atom is 0.251 e. The normalized spacial score (nSPS) is 11.2. The van der Waals surface area contributed by atoms with Gasteiger partial charge in [-0.3, -0.25) is 4.79 Å². The van der Waals surface area contributed by atoms with Crippen molar-refractivity contribution in [3.8, 4) is 5.75 Å². The van der Waals surface area contributed by atoms with Crippen LogP contribution in [0.4, 0.5) is 0 Å². The third-order valence-electron chi connectivity index (χ3n) is 2.94. The van der Waals surface area contributed by atoms with Gasteiger partial charge >= 0.3 is 0 Å². The molecule has 0 saturated heterocycles. The third-order valence-corrected chi connectivity index (χ3v) is 2.94. The van der Waals surface area contributed by atoms with Gasteiger partial charge in [0.25, 0.3) is 5.91 Å². The summed E-state index contributed by atoms with van der Waals surface area (Å²) in [5, 5.41) is 14.1. The summed E-state index contributed by atoms with van der Waals surface area (Å²) in [5.41, 5.74) is 6.91.